The minimum absolute atomic E-state index is 0.00458. The van der Waals surface area contributed by atoms with Crippen molar-refractivity contribution in [2.75, 3.05) is 18.6 Å². The van der Waals surface area contributed by atoms with E-state index in [-0.39, 0.29) is 23.0 Å². The smallest absolute Gasteiger partial charge is 0.360 e. The summed E-state index contributed by atoms with van der Waals surface area (Å²) in [4.78, 5) is 38.1. The average molecular weight is 513 g/mol. The molecular weight excluding hydrogens is 495 g/mol. The maximum absolute atomic E-state index is 11.4. The van der Waals surface area contributed by atoms with Crippen LogP contribution in [-0.4, -0.2) is 44.1 Å². The molecular formula is C23H18Cl2N6O4. The summed E-state index contributed by atoms with van der Waals surface area (Å²) in [5.74, 6) is -1.88. The van der Waals surface area contributed by atoms with Gasteiger partial charge >= 0.3 is 11.9 Å². The lowest BCUT2D eigenvalue weighted by Crippen LogP contribution is -2.10. The van der Waals surface area contributed by atoms with Gasteiger partial charge in [0.15, 0.2) is 23.0 Å². The second kappa shape index (κ2) is 11.2. The van der Waals surface area contributed by atoms with Gasteiger partial charge < -0.3 is 21.3 Å². The molecule has 0 aliphatic heterocycles. The third kappa shape index (κ3) is 6.40. The van der Waals surface area contributed by atoms with Crippen molar-refractivity contribution in [1.82, 2.24) is 19.9 Å². The van der Waals surface area contributed by atoms with Crippen LogP contribution in [-0.2, 0) is 4.74 Å². The monoisotopic (exact) mass is 512 g/mol. The molecule has 0 saturated carbocycles. The summed E-state index contributed by atoms with van der Waals surface area (Å²) < 4.78 is 4.58. The summed E-state index contributed by atoms with van der Waals surface area (Å²) in [6, 6.07) is 13.9. The molecule has 4 rings (SSSR count). The van der Waals surface area contributed by atoms with E-state index in [2.05, 4.69) is 24.7 Å². The van der Waals surface area contributed by atoms with E-state index in [1.807, 2.05) is 0 Å². The number of esters is 1. The summed E-state index contributed by atoms with van der Waals surface area (Å²) in [5, 5.41) is 10.1. The van der Waals surface area contributed by atoms with Gasteiger partial charge in [0.2, 0.25) is 0 Å². The standard InChI is InChI=1S/C12H10ClN3O2.C11H8ClN3O2/c1-18-12(17)10-11(14)15-6-9(16-10)7-2-4-8(13)5-3-7;12-7-3-1-6(2-4-7)8-5-14-10(13)9(15-8)11(16)17/h2-6H,1H3,(H2,14,15);1-5H,(H2,13,14)(H,16,17). The summed E-state index contributed by atoms with van der Waals surface area (Å²) in [6.45, 7) is 0. The second-order valence-corrected chi connectivity index (χ2v) is 7.66. The van der Waals surface area contributed by atoms with Crippen LogP contribution < -0.4 is 11.5 Å². The minimum Gasteiger partial charge on any atom is -0.476 e. The van der Waals surface area contributed by atoms with Crippen molar-refractivity contribution in [3.8, 4) is 22.5 Å². The molecule has 0 amide bonds. The van der Waals surface area contributed by atoms with Crippen LogP contribution in [0.2, 0.25) is 10.0 Å². The molecule has 2 heterocycles. The predicted molar refractivity (Wildman–Crippen MR) is 132 cm³/mol. The van der Waals surface area contributed by atoms with Crippen molar-refractivity contribution in [3.63, 3.8) is 0 Å². The van der Waals surface area contributed by atoms with Crippen LogP contribution >= 0.6 is 23.2 Å². The van der Waals surface area contributed by atoms with Crippen LogP contribution in [0, 0.1) is 0 Å². The number of hydrogen-bond donors (Lipinski definition) is 3. The first-order chi connectivity index (χ1) is 16.7. The molecule has 0 aliphatic carbocycles. The molecule has 5 N–H and O–H groups in total. The number of halogens is 2. The highest BCUT2D eigenvalue weighted by Gasteiger charge is 2.15. The van der Waals surface area contributed by atoms with E-state index in [9.17, 15) is 9.59 Å². The molecule has 2 aromatic carbocycles. The van der Waals surface area contributed by atoms with E-state index >= 15 is 0 Å². The van der Waals surface area contributed by atoms with E-state index < -0.39 is 11.9 Å². The first kappa shape index (κ1) is 25.3. The molecule has 0 fully saturated rings. The number of nitrogen functional groups attached to an aromatic ring is 2. The normalized spacial score (nSPS) is 10.1. The van der Waals surface area contributed by atoms with Crippen LogP contribution in [0.1, 0.15) is 21.0 Å². The third-order valence-electron chi connectivity index (χ3n) is 4.46. The van der Waals surface area contributed by atoms with Crippen LogP contribution in [0.25, 0.3) is 22.5 Å². The summed E-state index contributed by atoms with van der Waals surface area (Å²) in [6.07, 6.45) is 2.91. The fourth-order valence-electron chi connectivity index (χ4n) is 2.72. The van der Waals surface area contributed by atoms with Crippen LogP contribution in [0.5, 0.6) is 0 Å². The summed E-state index contributed by atoms with van der Waals surface area (Å²) in [5.41, 5.74) is 13.2. The van der Waals surface area contributed by atoms with Crippen molar-refractivity contribution in [2.24, 2.45) is 0 Å². The van der Waals surface area contributed by atoms with Gasteiger partial charge in [0, 0.05) is 21.2 Å². The van der Waals surface area contributed by atoms with Crippen LogP contribution in [0.4, 0.5) is 11.6 Å². The molecule has 0 radical (unpaired) electrons. The topological polar surface area (TPSA) is 167 Å². The lowest BCUT2D eigenvalue weighted by Gasteiger charge is -2.05. The summed E-state index contributed by atoms with van der Waals surface area (Å²) >= 11 is 11.6. The number of nitrogens with two attached hydrogens (primary N) is 2. The van der Waals surface area contributed by atoms with E-state index in [4.69, 9.17) is 39.8 Å². The number of aromatic nitrogens is 4. The van der Waals surface area contributed by atoms with E-state index in [0.29, 0.717) is 21.4 Å². The average Bonchev–Trinajstić information content (AvgIpc) is 2.85. The number of hydrogen-bond acceptors (Lipinski definition) is 9. The maximum atomic E-state index is 11.4. The largest absolute Gasteiger partial charge is 0.476 e. The Morgan fingerprint density at radius 3 is 1.57 bits per heavy atom. The third-order valence-corrected chi connectivity index (χ3v) is 4.97. The van der Waals surface area contributed by atoms with Gasteiger partial charge in [0.25, 0.3) is 0 Å². The van der Waals surface area contributed by atoms with Crippen LogP contribution in [0.3, 0.4) is 0 Å². The minimum atomic E-state index is -1.20. The number of nitrogens with zero attached hydrogens (tertiary/aromatic N) is 4. The van der Waals surface area contributed by atoms with Crippen molar-refractivity contribution in [1.29, 1.82) is 0 Å². The molecule has 0 saturated heterocycles. The number of carboxylic acids is 1. The number of carbonyl (C=O) groups excluding carboxylic acids is 1. The van der Waals surface area contributed by atoms with Gasteiger partial charge in [-0.05, 0) is 24.3 Å². The highest BCUT2D eigenvalue weighted by molar-refractivity contribution is 6.30. The molecule has 0 spiro atoms. The fraction of sp³-hybridized carbons (Fsp3) is 0.0435. The Labute approximate surface area is 209 Å². The zero-order chi connectivity index (χ0) is 25.5. The van der Waals surface area contributed by atoms with Gasteiger partial charge in [-0.2, -0.15) is 0 Å². The fourth-order valence-corrected chi connectivity index (χ4v) is 2.97. The molecule has 10 nitrogen and oxygen atoms in total. The second-order valence-electron chi connectivity index (χ2n) is 6.79. The highest BCUT2D eigenvalue weighted by atomic mass is 35.5. The SMILES string of the molecule is COC(=O)c1nc(-c2ccc(Cl)cc2)cnc1N.Nc1ncc(-c2ccc(Cl)cc2)nc1C(=O)O. The van der Waals surface area contributed by atoms with Gasteiger partial charge in [0.05, 0.1) is 30.9 Å². The number of benzene rings is 2. The number of methoxy groups -OCH3 is 1. The molecule has 0 bridgehead atoms. The van der Waals surface area contributed by atoms with Crippen molar-refractivity contribution in [3.05, 3.63) is 82.4 Å². The Morgan fingerprint density at radius 1 is 0.771 bits per heavy atom. The Bertz CT molecular complexity index is 1370. The van der Waals surface area contributed by atoms with Gasteiger partial charge in [0.1, 0.15) is 0 Å². The van der Waals surface area contributed by atoms with Gasteiger partial charge in [-0.25, -0.2) is 29.5 Å². The lowest BCUT2D eigenvalue weighted by molar-refractivity contribution is 0.0594. The molecule has 178 valence electrons. The van der Waals surface area contributed by atoms with Gasteiger partial charge in [-0.1, -0.05) is 47.5 Å². The Balaban J connectivity index is 0.000000196. The summed E-state index contributed by atoms with van der Waals surface area (Å²) in [7, 11) is 1.26. The maximum Gasteiger partial charge on any atom is 0.360 e. The number of carbonyl (C=O) groups is 2. The number of aromatic carboxylic acids is 1. The Morgan fingerprint density at radius 2 is 1.17 bits per heavy atom. The van der Waals surface area contributed by atoms with Gasteiger partial charge in [-0.15, -0.1) is 0 Å². The predicted octanol–water partition coefficient (Wildman–Crippen LogP) is 4.24. The van der Waals surface area contributed by atoms with E-state index in [1.165, 1.54) is 19.5 Å². The van der Waals surface area contributed by atoms with Crippen molar-refractivity contribution in [2.45, 2.75) is 0 Å². The number of rotatable bonds is 4. The molecule has 2 aromatic heterocycles. The molecule has 35 heavy (non-hydrogen) atoms. The molecule has 0 unspecified atom stereocenters. The van der Waals surface area contributed by atoms with E-state index in [0.717, 1.165) is 11.1 Å². The van der Waals surface area contributed by atoms with Gasteiger partial charge in [-0.3, -0.25) is 0 Å². The van der Waals surface area contributed by atoms with Crippen molar-refractivity contribution >= 4 is 46.8 Å². The Kier molecular flexibility index (Phi) is 8.13. The quantitative estimate of drug-likeness (QED) is 0.336. The number of carboxylic acid groups (broad SMARTS) is 1. The first-order valence-corrected chi connectivity index (χ1v) is 10.5. The molecule has 0 atom stereocenters. The zero-order valence-electron chi connectivity index (χ0n) is 18.1. The van der Waals surface area contributed by atoms with Crippen LogP contribution in [0.15, 0.2) is 60.9 Å². The molecule has 4 aromatic rings. The number of anilines is 2. The first-order valence-electron chi connectivity index (χ1n) is 9.78. The zero-order valence-corrected chi connectivity index (χ0v) is 19.7. The lowest BCUT2D eigenvalue weighted by atomic mass is 10.1. The van der Waals surface area contributed by atoms with Crippen molar-refractivity contribution < 1.29 is 19.4 Å². The molecule has 12 heteroatoms. The number of ether oxygens (including phenoxy) is 1. The Hall–Kier alpha value is -4.28. The molecule has 0 aliphatic rings. The van der Waals surface area contributed by atoms with E-state index in [1.54, 1.807) is 48.5 Å². The highest BCUT2D eigenvalue weighted by Crippen LogP contribution is 2.22.